The highest BCUT2D eigenvalue weighted by Crippen LogP contribution is 2.16. The molecule has 0 aromatic carbocycles. The Bertz CT molecular complexity index is 576. The first-order valence-corrected chi connectivity index (χ1v) is 11.1. The number of morpholine rings is 1. The summed E-state index contributed by atoms with van der Waals surface area (Å²) in [6.07, 6.45) is 3.96. The van der Waals surface area contributed by atoms with Gasteiger partial charge in [-0.15, -0.1) is 34.2 Å². The number of aromatic nitrogens is 3. The lowest BCUT2D eigenvalue weighted by molar-refractivity contribution is 0.0389. The van der Waals surface area contributed by atoms with Crippen molar-refractivity contribution >= 4 is 41.7 Å². The van der Waals surface area contributed by atoms with E-state index >= 15 is 0 Å². The molecule has 2 heterocycles. The fourth-order valence-corrected chi connectivity index (χ4v) is 3.56. The summed E-state index contributed by atoms with van der Waals surface area (Å²) < 4.78 is 7.63. The van der Waals surface area contributed by atoms with Crippen molar-refractivity contribution in [1.29, 1.82) is 0 Å². The topological polar surface area (TPSA) is 79.6 Å². The average Bonchev–Trinajstić information content (AvgIpc) is 3.05. The molecule has 28 heavy (non-hydrogen) atoms. The molecule has 1 fully saturated rings. The third kappa shape index (κ3) is 8.83. The van der Waals surface area contributed by atoms with Crippen LogP contribution in [0.1, 0.15) is 26.1 Å². The first-order valence-electron chi connectivity index (χ1n) is 9.84. The zero-order valence-corrected chi connectivity index (χ0v) is 20.8. The largest absolute Gasteiger partial charge is 0.379 e. The van der Waals surface area contributed by atoms with Crippen molar-refractivity contribution < 1.29 is 4.74 Å². The maximum atomic E-state index is 5.38. The van der Waals surface area contributed by atoms with E-state index in [-0.39, 0.29) is 24.0 Å². The van der Waals surface area contributed by atoms with Gasteiger partial charge in [0.25, 0.3) is 0 Å². The van der Waals surface area contributed by atoms with Crippen LogP contribution in [0.3, 0.4) is 0 Å². The standard InChI is InChI=1S/C18H35N7OS.HI/c1-15(2)14-25-16(22-23-18(25)27-4)6-5-7-20-17(19-3)21-8-9-24-10-12-26-13-11-24;/h15H,5-14H2,1-4H3,(H2,19,20,21);1H. The number of nitrogens with one attached hydrogen (secondary N) is 2. The number of nitrogens with zero attached hydrogens (tertiary/aromatic N) is 5. The molecule has 0 amide bonds. The smallest absolute Gasteiger partial charge is 0.191 e. The number of rotatable bonds is 10. The van der Waals surface area contributed by atoms with E-state index in [9.17, 15) is 0 Å². The Kier molecular flexibility index (Phi) is 13.1. The third-order valence-electron chi connectivity index (χ3n) is 4.44. The Morgan fingerprint density at radius 3 is 2.57 bits per heavy atom. The van der Waals surface area contributed by atoms with Crippen LogP contribution in [-0.4, -0.2) is 84.9 Å². The van der Waals surface area contributed by atoms with Gasteiger partial charge in [-0.25, -0.2) is 0 Å². The number of aryl methyl sites for hydroxylation is 1. The van der Waals surface area contributed by atoms with Crippen LogP contribution in [0.25, 0.3) is 0 Å². The summed E-state index contributed by atoms with van der Waals surface area (Å²) in [5.74, 6) is 2.51. The molecule has 8 nitrogen and oxygen atoms in total. The second-order valence-corrected chi connectivity index (χ2v) is 7.86. The summed E-state index contributed by atoms with van der Waals surface area (Å²) in [5.41, 5.74) is 0. The normalized spacial score (nSPS) is 15.5. The fraction of sp³-hybridized carbons (Fsp3) is 0.833. The summed E-state index contributed by atoms with van der Waals surface area (Å²) in [6, 6.07) is 0. The highest BCUT2D eigenvalue weighted by molar-refractivity contribution is 14.0. The van der Waals surface area contributed by atoms with E-state index < -0.39 is 0 Å². The summed E-state index contributed by atoms with van der Waals surface area (Å²) in [6.45, 7) is 11.9. The molecule has 2 rings (SSSR count). The van der Waals surface area contributed by atoms with E-state index in [1.54, 1.807) is 11.8 Å². The number of hydrogen-bond donors (Lipinski definition) is 2. The minimum Gasteiger partial charge on any atom is -0.379 e. The van der Waals surface area contributed by atoms with Crippen LogP contribution in [0.5, 0.6) is 0 Å². The summed E-state index contributed by atoms with van der Waals surface area (Å²) in [4.78, 5) is 6.72. The molecule has 0 atom stereocenters. The molecule has 1 aromatic rings. The highest BCUT2D eigenvalue weighted by atomic mass is 127. The van der Waals surface area contributed by atoms with Crippen LogP contribution >= 0.6 is 35.7 Å². The molecule has 0 radical (unpaired) electrons. The molecule has 0 spiro atoms. The molecule has 1 aliphatic heterocycles. The van der Waals surface area contributed by atoms with Crippen molar-refractivity contribution in [2.45, 2.75) is 38.4 Å². The van der Waals surface area contributed by atoms with Crippen molar-refractivity contribution in [1.82, 2.24) is 30.3 Å². The Hall–Kier alpha value is -0.590. The molecular weight excluding hydrogens is 489 g/mol. The van der Waals surface area contributed by atoms with Crippen LogP contribution in [0.4, 0.5) is 0 Å². The molecule has 10 heteroatoms. The number of halogens is 1. The zero-order chi connectivity index (χ0) is 19.5. The van der Waals surface area contributed by atoms with Gasteiger partial charge < -0.3 is 19.9 Å². The number of thioether (sulfide) groups is 1. The fourth-order valence-electron chi connectivity index (χ4n) is 3.03. The monoisotopic (exact) mass is 525 g/mol. The van der Waals surface area contributed by atoms with Gasteiger partial charge in [-0.1, -0.05) is 25.6 Å². The summed E-state index contributed by atoms with van der Waals surface area (Å²) in [5, 5.41) is 16.5. The van der Waals surface area contributed by atoms with Crippen molar-refractivity contribution in [3.63, 3.8) is 0 Å². The minimum absolute atomic E-state index is 0. The van der Waals surface area contributed by atoms with Crippen LogP contribution in [0.15, 0.2) is 10.1 Å². The minimum atomic E-state index is 0. The SMILES string of the molecule is CN=C(NCCCc1nnc(SC)n1CC(C)C)NCCN1CCOCC1.I. The molecule has 1 aliphatic rings. The average molecular weight is 526 g/mol. The quantitative estimate of drug-likeness (QED) is 0.158. The predicted octanol–water partition coefficient (Wildman–Crippen LogP) is 1.70. The lowest BCUT2D eigenvalue weighted by Gasteiger charge is -2.26. The van der Waals surface area contributed by atoms with Crippen molar-refractivity contribution in [3.8, 4) is 0 Å². The Labute approximate surface area is 190 Å². The van der Waals surface area contributed by atoms with E-state index in [4.69, 9.17) is 4.74 Å². The van der Waals surface area contributed by atoms with Gasteiger partial charge in [-0.3, -0.25) is 9.89 Å². The van der Waals surface area contributed by atoms with Crippen molar-refractivity contribution in [3.05, 3.63) is 5.82 Å². The van der Waals surface area contributed by atoms with Crippen molar-refractivity contribution in [2.24, 2.45) is 10.9 Å². The predicted molar refractivity (Wildman–Crippen MR) is 127 cm³/mol. The molecule has 1 saturated heterocycles. The molecule has 162 valence electrons. The van der Waals surface area contributed by atoms with Gasteiger partial charge in [-0.05, 0) is 18.6 Å². The second kappa shape index (κ2) is 14.4. The van der Waals surface area contributed by atoms with Crippen LogP contribution in [-0.2, 0) is 17.7 Å². The lowest BCUT2D eigenvalue weighted by Crippen LogP contribution is -2.44. The van der Waals surface area contributed by atoms with E-state index in [0.29, 0.717) is 5.92 Å². The Balaban J connectivity index is 0.00000392. The molecule has 0 aliphatic carbocycles. The molecule has 0 unspecified atom stereocenters. The van der Waals surface area contributed by atoms with Gasteiger partial charge in [0.2, 0.25) is 0 Å². The van der Waals surface area contributed by atoms with Gasteiger partial charge in [0, 0.05) is 52.7 Å². The number of hydrogen-bond acceptors (Lipinski definition) is 6. The van der Waals surface area contributed by atoms with Gasteiger partial charge >= 0.3 is 0 Å². The molecule has 0 bridgehead atoms. The van der Waals surface area contributed by atoms with E-state index in [1.807, 2.05) is 7.05 Å². The summed E-state index contributed by atoms with van der Waals surface area (Å²) in [7, 11) is 1.81. The maximum Gasteiger partial charge on any atom is 0.191 e. The lowest BCUT2D eigenvalue weighted by atomic mass is 10.2. The zero-order valence-electron chi connectivity index (χ0n) is 17.6. The first-order chi connectivity index (χ1) is 13.1. The molecule has 2 N–H and O–H groups in total. The highest BCUT2D eigenvalue weighted by Gasteiger charge is 2.12. The van der Waals surface area contributed by atoms with Gasteiger partial charge in [-0.2, -0.15) is 0 Å². The summed E-state index contributed by atoms with van der Waals surface area (Å²) >= 11 is 1.66. The number of guanidine groups is 1. The Morgan fingerprint density at radius 2 is 1.93 bits per heavy atom. The van der Waals surface area contributed by atoms with Gasteiger partial charge in [0.05, 0.1) is 13.2 Å². The van der Waals surface area contributed by atoms with Crippen LogP contribution < -0.4 is 10.6 Å². The van der Waals surface area contributed by atoms with Crippen LogP contribution in [0, 0.1) is 5.92 Å². The number of aliphatic imine (C=N–C) groups is 1. The van der Waals surface area contributed by atoms with Crippen LogP contribution in [0.2, 0.25) is 0 Å². The number of ether oxygens (including phenoxy) is 1. The molecule has 0 saturated carbocycles. The van der Waals surface area contributed by atoms with Gasteiger partial charge in [0.1, 0.15) is 5.82 Å². The van der Waals surface area contributed by atoms with Gasteiger partial charge in [0.15, 0.2) is 11.1 Å². The van der Waals surface area contributed by atoms with E-state index in [0.717, 1.165) is 82.3 Å². The molecular formula is C18H36IN7OS. The molecule has 1 aromatic heterocycles. The van der Waals surface area contributed by atoms with E-state index in [1.165, 1.54) is 0 Å². The third-order valence-corrected chi connectivity index (χ3v) is 5.11. The first kappa shape index (κ1) is 25.4. The Morgan fingerprint density at radius 1 is 1.21 bits per heavy atom. The second-order valence-electron chi connectivity index (χ2n) is 7.09. The maximum absolute atomic E-state index is 5.38. The van der Waals surface area contributed by atoms with Crippen molar-refractivity contribution in [2.75, 3.05) is 59.2 Å². The van der Waals surface area contributed by atoms with E-state index in [2.05, 4.69) is 55.4 Å².